The fraction of sp³-hybridized carbons (Fsp3) is 0.375. The number of thiophene rings is 1. The van der Waals surface area contributed by atoms with Crippen LogP contribution >= 0.6 is 11.3 Å². The Morgan fingerprint density at radius 1 is 1.10 bits per heavy atom. The van der Waals surface area contributed by atoms with Gasteiger partial charge in [-0.2, -0.15) is 0 Å². The summed E-state index contributed by atoms with van der Waals surface area (Å²) in [7, 11) is -3.39. The van der Waals surface area contributed by atoms with Crippen LogP contribution in [0, 0.1) is 5.41 Å². The van der Waals surface area contributed by atoms with E-state index in [0.717, 1.165) is 10.4 Å². The van der Waals surface area contributed by atoms with Crippen molar-refractivity contribution in [1.82, 2.24) is 4.72 Å². The smallest absolute Gasteiger partial charge is 0.212 e. The predicted octanol–water partition coefficient (Wildman–Crippen LogP) is 3.95. The molecule has 0 saturated heterocycles. The highest BCUT2D eigenvalue weighted by atomic mass is 32.2. The van der Waals surface area contributed by atoms with Crippen LogP contribution in [0.1, 0.15) is 37.3 Å². The Morgan fingerprint density at radius 2 is 1.76 bits per heavy atom. The molecule has 1 atom stereocenters. The van der Waals surface area contributed by atoms with E-state index in [1.165, 1.54) is 0 Å². The molecule has 0 saturated carbocycles. The third-order valence-electron chi connectivity index (χ3n) is 3.19. The number of rotatable bonds is 5. The van der Waals surface area contributed by atoms with Gasteiger partial charge in [0, 0.05) is 4.88 Å². The summed E-state index contributed by atoms with van der Waals surface area (Å²) in [5.74, 6) is 0.00575. The first kappa shape index (κ1) is 16.2. The lowest BCUT2D eigenvalue weighted by Crippen LogP contribution is -2.36. The lowest BCUT2D eigenvalue weighted by atomic mass is 9.86. The van der Waals surface area contributed by atoms with Gasteiger partial charge in [0.15, 0.2) is 0 Å². The Bertz CT molecular complexity index is 656. The molecule has 0 aliphatic heterocycles. The normalized spacial score (nSPS) is 14.0. The zero-order chi connectivity index (χ0) is 15.5. The second-order valence-corrected chi connectivity index (χ2v) is 8.91. The lowest BCUT2D eigenvalue weighted by Gasteiger charge is -2.30. The van der Waals surface area contributed by atoms with Crippen molar-refractivity contribution >= 4 is 21.4 Å². The highest BCUT2D eigenvalue weighted by Crippen LogP contribution is 2.35. The molecular formula is C16H21NO2S2. The summed E-state index contributed by atoms with van der Waals surface area (Å²) in [5, 5.41) is 1.97. The summed E-state index contributed by atoms with van der Waals surface area (Å²) >= 11 is 1.58. The molecule has 0 amide bonds. The standard InChI is InChI=1S/C16H21NO2S2/c1-16(2,3)15(14-10-7-11-20-14)17-21(18,19)12-13-8-5-4-6-9-13/h4-11,15,17H,12H2,1-3H3. The summed E-state index contributed by atoms with van der Waals surface area (Å²) in [6.45, 7) is 6.13. The average Bonchev–Trinajstić information content (AvgIpc) is 2.89. The maximum atomic E-state index is 12.4. The van der Waals surface area contributed by atoms with Crippen molar-refractivity contribution in [2.24, 2.45) is 5.41 Å². The van der Waals surface area contributed by atoms with Crippen LogP contribution in [-0.4, -0.2) is 8.42 Å². The second kappa shape index (κ2) is 6.30. The molecule has 5 heteroatoms. The van der Waals surface area contributed by atoms with Crippen molar-refractivity contribution in [2.45, 2.75) is 32.6 Å². The largest absolute Gasteiger partial charge is 0.216 e. The SMILES string of the molecule is CC(C)(C)C(NS(=O)(=O)Cc1ccccc1)c1cccs1. The van der Waals surface area contributed by atoms with Gasteiger partial charge in [-0.15, -0.1) is 11.3 Å². The molecule has 0 aliphatic carbocycles. The van der Waals surface area contributed by atoms with Gasteiger partial charge >= 0.3 is 0 Å². The van der Waals surface area contributed by atoms with Crippen LogP contribution in [0.15, 0.2) is 47.8 Å². The quantitative estimate of drug-likeness (QED) is 0.905. The van der Waals surface area contributed by atoms with Gasteiger partial charge in [-0.3, -0.25) is 0 Å². The van der Waals surface area contributed by atoms with Gasteiger partial charge in [-0.1, -0.05) is 57.2 Å². The minimum absolute atomic E-state index is 0.00575. The van der Waals surface area contributed by atoms with Crippen LogP contribution in [0.5, 0.6) is 0 Å². The van der Waals surface area contributed by atoms with E-state index in [9.17, 15) is 8.42 Å². The number of nitrogens with one attached hydrogen (secondary N) is 1. The number of hydrogen-bond acceptors (Lipinski definition) is 3. The first-order chi connectivity index (χ1) is 9.78. The molecular weight excluding hydrogens is 302 g/mol. The molecule has 1 aromatic heterocycles. The van der Waals surface area contributed by atoms with Gasteiger partial charge in [-0.25, -0.2) is 13.1 Å². The first-order valence-electron chi connectivity index (χ1n) is 6.85. The van der Waals surface area contributed by atoms with Gasteiger partial charge in [0.05, 0.1) is 11.8 Å². The van der Waals surface area contributed by atoms with Gasteiger partial charge in [0.25, 0.3) is 0 Å². The monoisotopic (exact) mass is 323 g/mol. The summed E-state index contributed by atoms with van der Waals surface area (Å²) < 4.78 is 27.8. The fourth-order valence-electron chi connectivity index (χ4n) is 2.13. The molecule has 1 unspecified atom stereocenters. The van der Waals surface area contributed by atoms with Crippen LogP contribution in [0.2, 0.25) is 0 Å². The van der Waals surface area contributed by atoms with Gasteiger partial charge in [-0.05, 0) is 22.4 Å². The third-order valence-corrected chi connectivity index (χ3v) is 5.44. The van der Waals surface area contributed by atoms with E-state index in [4.69, 9.17) is 0 Å². The van der Waals surface area contributed by atoms with E-state index in [1.54, 1.807) is 11.3 Å². The van der Waals surface area contributed by atoms with Crippen LogP contribution in [0.3, 0.4) is 0 Å². The molecule has 114 valence electrons. The molecule has 3 nitrogen and oxygen atoms in total. The van der Waals surface area contributed by atoms with Gasteiger partial charge in [0.1, 0.15) is 0 Å². The fourth-order valence-corrected chi connectivity index (χ4v) is 4.78. The first-order valence-corrected chi connectivity index (χ1v) is 9.38. The average molecular weight is 323 g/mol. The van der Waals surface area contributed by atoms with Crippen LogP contribution in [0.25, 0.3) is 0 Å². The Morgan fingerprint density at radius 3 is 2.29 bits per heavy atom. The summed E-state index contributed by atoms with van der Waals surface area (Å²) in [5.41, 5.74) is 0.609. The Balaban J connectivity index is 2.20. The topological polar surface area (TPSA) is 46.2 Å². The molecule has 0 bridgehead atoms. The summed E-state index contributed by atoms with van der Waals surface area (Å²) in [6, 6.07) is 13.0. The molecule has 2 rings (SSSR count). The highest BCUT2D eigenvalue weighted by Gasteiger charge is 2.31. The van der Waals surface area contributed by atoms with E-state index in [1.807, 2.05) is 68.6 Å². The minimum atomic E-state index is -3.39. The zero-order valence-corrected chi connectivity index (χ0v) is 14.2. The van der Waals surface area contributed by atoms with E-state index in [0.29, 0.717) is 0 Å². The molecule has 1 aromatic carbocycles. The van der Waals surface area contributed by atoms with Crippen molar-refractivity contribution in [3.05, 3.63) is 58.3 Å². The Labute approximate surface area is 131 Å². The maximum absolute atomic E-state index is 12.4. The van der Waals surface area contributed by atoms with Crippen molar-refractivity contribution in [2.75, 3.05) is 0 Å². The number of hydrogen-bond donors (Lipinski definition) is 1. The molecule has 1 N–H and O–H groups in total. The lowest BCUT2D eigenvalue weighted by molar-refractivity contribution is 0.308. The Kier molecular flexibility index (Phi) is 4.86. The van der Waals surface area contributed by atoms with Crippen molar-refractivity contribution in [1.29, 1.82) is 0 Å². The van der Waals surface area contributed by atoms with E-state index in [2.05, 4.69) is 4.72 Å². The highest BCUT2D eigenvalue weighted by molar-refractivity contribution is 7.88. The number of sulfonamides is 1. The molecule has 0 fully saturated rings. The van der Waals surface area contributed by atoms with Crippen molar-refractivity contribution in [3.63, 3.8) is 0 Å². The molecule has 1 heterocycles. The Hall–Kier alpha value is -1.17. The van der Waals surface area contributed by atoms with E-state index >= 15 is 0 Å². The van der Waals surface area contributed by atoms with Gasteiger partial charge < -0.3 is 0 Å². The predicted molar refractivity (Wildman–Crippen MR) is 88.7 cm³/mol. The summed E-state index contributed by atoms with van der Waals surface area (Å²) in [4.78, 5) is 1.04. The maximum Gasteiger partial charge on any atom is 0.216 e. The van der Waals surface area contributed by atoms with E-state index in [-0.39, 0.29) is 17.2 Å². The van der Waals surface area contributed by atoms with Crippen LogP contribution < -0.4 is 4.72 Å². The minimum Gasteiger partial charge on any atom is -0.212 e. The van der Waals surface area contributed by atoms with Crippen LogP contribution in [-0.2, 0) is 15.8 Å². The molecule has 21 heavy (non-hydrogen) atoms. The van der Waals surface area contributed by atoms with Crippen molar-refractivity contribution in [3.8, 4) is 0 Å². The van der Waals surface area contributed by atoms with Crippen LogP contribution in [0.4, 0.5) is 0 Å². The van der Waals surface area contributed by atoms with Gasteiger partial charge in [0.2, 0.25) is 10.0 Å². The molecule has 2 aromatic rings. The molecule has 0 aliphatic rings. The third kappa shape index (κ3) is 4.66. The van der Waals surface area contributed by atoms with Crippen molar-refractivity contribution < 1.29 is 8.42 Å². The number of benzene rings is 1. The zero-order valence-electron chi connectivity index (χ0n) is 12.5. The molecule has 0 radical (unpaired) electrons. The second-order valence-electron chi connectivity index (χ2n) is 6.18. The van der Waals surface area contributed by atoms with E-state index < -0.39 is 10.0 Å². The molecule has 0 spiro atoms. The summed E-state index contributed by atoms with van der Waals surface area (Å²) in [6.07, 6.45) is 0.